The van der Waals surface area contributed by atoms with Gasteiger partial charge in [0.05, 0.1) is 0 Å². The van der Waals surface area contributed by atoms with Gasteiger partial charge >= 0.3 is 39.4 Å². The van der Waals surface area contributed by atoms with Crippen molar-refractivity contribution in [2.24, 2.45) is 0 Å². The Kier molecular flexibility index (Phi) is 13.0. The third-order valence-electron chi connectivity index (χ3n) is 1.56. The molecule has 27 heteroatoms. The number of sulfonamides is 4. The molecule has 10 nitrogen and oxygen atoms in total. The van der Waals surface area contributed by atoms with Crippen molar-refractivity contribution in [1.29, 1.82) is 0 Å². The minimum absolute atomic E-state index is 0. The second-order valence-corrected chi connectivity index (χ2v) is 10.7. The Labute approximate surface area is 181 Å². The minimum atomic E-state index is -6.72. The molecule has 0 aromatic carbocycles. The molecule has 0 rings (SSSR count). The molecule has 0 aliphatic carbocycles. The number of hydrogen-bond acceptors (Lipinski definition) is 8. The maximum Gasteiger partial charge on any atom is 3.00 e. The van der Waals surface area contributed by atoms with Crippen LogP contribution in [0.5, 0.6) is 0 Å². The third-order valence-corrected chi connectivity index (χ3v) is 7.04. The molecule has 0 amide bonds. The smallest absolute Gasteiger partial charge is 0.421 e. The summed E-state index contributed by atoms with van der Waals surface area (Å²) in [4.78, 5) is 0. The Bertz CT molecular complexity index is 865. The number of rotatable bonds is 4. The van der Waals surface area contributed by atoms with Gasteiger partial charge in [0.15, 0.2) is 40.1 Å². The number of nitrogens with zero attached hydrogens (tertiary/aromatic N) is 2. The quantitative estimate of drug-likeness (QED) is 0.269. The van der Waals surface area contributed by atoms with E-state index in [1.54, 1.807) is 0 Å². The molecule has 32 heavy (non-hydrogen) atoms. The molecule has 0 heterocycles. The van der Waals surface area contributed by atoms with Crippen molar-refractivity contribution in [3.8, 4) is 0 Å². The molecule has 0 atom stereocenters. The van der Waals surface area contributed by atoms with Gasteiger partial charge in [-0.2, -0.15) is 52.7 Å². The van der Waals surface area contributed by atoms with Gasteiger partial charge in [-0.05, 0) is 0 Å². The summed E-state index contributed by atoms with van der Waals surface area (Å²) in [6.07, 6.45) is 0. The van der Waals surface area contributed by atoms with Crippen molar-refractivity contribution in [1.82, 2.24) is 0 Å². The maximum absolute atomic E-state index is 11.4. The first kappa shape index (κ1) is 38.7. The second kappa shape index (κ2) is 10.8. The van der Waals surface area contributed by atoms with E-state index in [0.717, 1.165) is 8.25 Å². The van der Waals surface area contributed by atoms with Crippen LogP contribution in [-0.2, 0) is 40.1 Å². The topological polar surface area (TPSA) is 165 Å². The number of hydrogen-bond donors (Lipinski definition) is 0. The van der Waals surface area contributed by atoms with Crippen molar-refractivity contribution in [2.75, 3.05) is 0 Å². The van der Waals surface area contributed by atoms with Gasteiger partial charge in [-0.25, -0.2) is 33.7 Å². The van der Waals surface area contributed by atoms with Gasteiger partial charge in [0.25, 0.3) is 0 Å². The molecule has 0 bridgehead atoms. The Morgan fingerprint density at radius 2 is 0.469 bits per heavy atom. The molecule has 0 radical (unpaired) electrons. The monoisotopic (exact) mass is 602 g/mol. The van der Waals surface area contributed by atoms with Gasteiger partial charge in [-0.3, -0.25) is 0 Å². The Morgan fingerprint density at radius 3 is 0.531 bits per heavy atom. The van der Waals surface area contributed by atoms with Crippen LogP contribution < -0.4 is 0 Å². The van der Waals surface area contributed by atoms with Crippen LogP contribution in [0.3, 0.4) is 0 Å². The molecule has 0 N–H and O–H groups in total. The Balaban J connectivity index is -0.000000231. The zero-order chi connectivity index (χ0) is 25.4. The van der Waals surface area contributed by atoms with E-state index < -0.39 is 62.1 Å². The van der Waals surface area contributed by atoms with E-state index in [0.29, 0.717) is 0 Å². The first-order valence-electron chi connectivity index (χ1n) is 5.15. The predicted molar refractivity (Wildman–Crippen MR) is 78.8 cm³/mol. The molecule has 0 aromatic heterocycles. The van der Waals surface area contributed by atoms with Gasteiger partial charge in [-0.1, -0.05) is 0 Å². The van der Waals surface area contributed by atoms with Crippen molar-refractivity contribution < 1.29 is 86.4 Å². The van der Waals surface area contributed by atoms with Gasteiger partial charge in [-0.15, -0.1) is 0 Å². The molecule has 0 aliphatic heterocycles. The summed E-state index contributed by atoms with van der Waals surface area (Å²) in [5.41, 5.74) is -24.8. The third kappa shape index (κ3) is 10.6. The average Bonchev–Trinajstić information content (AvgIpc) is 2.30. The fraction of sp³-hybridized carbons (Fsp3) is 0.800. The fourth-order valence-corrected chi connectivity index (χ4v) is 3.85. The zero-order valence-electron chi connectivity index (χ0n) is 13.9. The molecule has 0 unspecified atom stereocenters. The van der Waals surface area contributed by atoms with E-state index >= 15 is 0 Å². The van der Waals surface area contributed by atoms with Crippen LogP contribution >= 0.6 is 0 Å². The molecule has 0 aliphatic rings. The molecular weight excluding hydrogens is 599 g/mol. The van der Waals surface area contributed by atoms with Gasteiger partial charge in [0, 0.05) is 0 Å². The largest absolute Gasteiger partial charge is 3.00 e. The van der Waals surface area contributed by atoms with Crippen molar-refractivity contribution in [2.45, 2.75) is 22.0 Å². The van der Waals surface area contributed by atoms with Crippen molar-refractivity contribution in [3.63, 3.8) is 0 Å². The van der Waals surface area contributed by atoms with E-state index in [2.05, 4.69) is 0 Å². The second-order valence-electron chi connectivity index (χ2n) is 3.83. The molecule has 0 saturated carbocycles. The maximum atomic E-state index is 11.4. The van der Waals surface area contributed by atoms with Crippen LogP contribution in [0, 0.1) is 7.43 Å². The zero-order valence-corrected chi connectivity index (χ0v) is 18.3. The van der Waals surface area contributed by atoms with Gasteiger partial charge in [0.1, 0.15) is 0 Å². The Hall–Kier alpha value is -0.588. The van der Waals surface area contributed by atoms with Crippen LogP contribution in [0.25, 0.3) is 8.25 Å². The number of alkyl halides is 12. The van der Waals surface area contributed by atoms with Crippen LogP contribution in [0.4, 0.5) is 52.7 Å². The van der Waals surface area contributed by atoms with E-state index in [1.807, 2.05) is 0 Å². The van der Waals surface area contributed by atoms with E-state index in [1.165, 1.54) is 0 Å². The Morgan fingerprint density at radius 1 is 0.375 bits per heavy atom. The number of halogens is 12. The van der Waals surface area contributed by atoms with E-state index in [-0.39, 0.29) is 24.8 Å². The predicted octanol–water partition coefficient (Wildman–Crippen LogP) is 2.19. The molecular formula is C5H3AlF12N2O8S4. The summed E-state index contributed by atoms with van der Waals surface area (Å²) in [7, 11) is -26.9. The normalized spacial score (nSPS) is 14.4. The van der Waals surface area contributed by atoms with Gasteiger partial charge in [0.2, 0.25) is 0 Å². The summed E-state index contributed by atoms with van der Waals surface area (Å²) < 4.78 is 218. The molecule has 0 spiro atoms. The summed E-state index contributed by atoms with van der Waals surface area (Å²) in [5, 5.41) is 0. The first-order chi connectivity index (χ1) is 12.4. The fourth-order valence-electron chi connectivity index (χ4n) is 0.427. The molecule has 192 valence electrons. The standard InChI is InChI=1S/2C2F6NO4S2.CH3.Al/c2*3-1(4,5)14(10,11)9-15(12,13)2(6,7)8;;/h;;1H3;/q3*-1;+3. The van der Waals surface area contributed by atoms with Crippen molar-refractivity contribution >= 4 is 57.5 Å². The summed E-state index contributed by atoms with van der Waals surface area (Å²) in [6, 6.07) is 0. The summed E-state index contributed by atoms with van der Waals surface area (Å²) in [5.74, 6) is 0. The van der Waals surface area contributed by atoms with Crippen LogP contribution in [0.15, 0.2) is 0 Å². The first-order valence-corrected chi connectivity index (χ1v) is 10.9. The van der Waals surface area contributed by atoms with Crippen LogP contribution in [0.1, 0.15) is 0 Å². The van der Waals surface area contributed by atoms with E-state index in [4.69, 9.17) is 0 Å². The minimum Gasteiger partial charge on any atom is -0.421 e. The van der Waals surface area contributed by atoms with Gasteiger partial charge < -0.3 is 15.7 Å². The van der Waals surface area contributed by atoms with Crippen LogP contribution in [0.2, 0.25) is 0 Å². The molecule has 0 fully saturated rings. The molecule has 0 saturated heterocycles. The summed E-state index contributed by atoms with van der Waals surface area (Å²) in [6.45, 7) is 0. The van der Waals surface area contributed by atoms with Crippen LogP contribution in [-0.4, -0.2) is 73.1 Å². The molecule has 0 aromatic rings. The van der Waals surface area contributed by atoms with Crippen molar-refractivity contribution in [3.05, 3.63) is 15.7 Å². The van der Waals surface area contributed by atoms with E-state index in [9.17, 15) is 86.4 Å². The average molecular weight is 602 g/mol. The SMILES string of the molecule is O=S(=O)([N-]S(=O)(=O)C(F)(F)F)C(F)(F)F.O=S(=O)([N-]S(=O)(=O)C(F)(F)F)C(F)(F)F.[Al+3].[CH3-]. The summed E-state index contributed by atoms with van der Waals surface area (Å²) >= 11 is 0.